The van der Waals surface area contributed by atoms with Gasteiger partial charge >= 0.3 is 5.97 Å². The number of rotatable bonds is 6. The second-order valence-electron chi connectivity index (χ2n) is 4.63. The maximum atomic E-state index is 12.3. The SMILES string of the molecule is O=C(O)[C@@H](Cc1ccccc1)NS(=O)(=O)c1ccccc1Cl. The predicted molar refractivity (Wildman–Crippen MR) is 83.3 cm³/mol. The molecule has 2 aromatic rings. The van der Waals surface area contributed by atoms with Crippen LogP contribution in [0.15, 0.2) is 59.5 Å². The van der Waals surface area contributed by atoms with Crippen molar-refractivity contribution in [3.05, 3.63) is 65.2 Å². The Hall–Kier alpha value is -1.89. The lowest BCUT2D eigenvalue weighted by Crippen LogP contribution is -2.42. The van der Waals surface area contributed by atoms with Gasteiger partial charge < -0.3 is 5.11 Å². The average Bonchev–Trinajstić information content (AvgIpc) is 2.47. The Morgan fingerprint density at radius 2 is 1.68 bits per heavy atom. The molecule has 2 aromatic carbocycles. The van der Waals surface area contributed by atoms with Gasteiger partial charge in [0, 0.05) is 0 Å². The van der Waals surface area contributed by atoms with E-state index in [2.05, 4.69) is 4.72 Å². The van der Waals surface area contributed by atoms with Crippen molar-refractivity contribution in [2.45, 2.75) is 17.4 Å². The summed E-state index contributed by atoms with van der Waals surface area (Å²) in [6.45, 7) is 0. The van der Waals surface area contributed by atoms with Crippen molar-refractivity contribution in [3.8, 4) is 0 Å². The largest absolute Gasteiger partial charge is 0.480 e. The third kappa shape index (κ3) is 4.07. The maximum absolute atomic E-state index is 12.3. The fourth-order valence-corrected chi connectivity index (χ4v) is 3.65. The van der Waals surface area contributed by atoms with E-state index >= 15 is 0 Å². The van der Waals surface area contributed by atoms with Crippen molar-refractivity contribution >= 4 is 27.6 Å². The first-order valence-electron chi connectivity index (χ1n) is 6.44. The average molecular weight is 340 g/mol. The number of benzene rings is 2. The van der Waals surface area contributed by atoms with E-state index in [9.17, 15) is 18.3 Å². The molecule has 5 nitrogen and oxygen atoms in total. The van der Waals surface area contributed by atoms with Crippen molar-refractivity contribution in [1.82, 2.24) is 4.72 Å². The van der Waals surface area contributed by atoms with Gasteiger partial charge in [-0.3, -0.25) is 4.79 Å². The minimum Gasteiger partial charge on any atom is -0.480 e. The molecule has 2 rings (SSSR count). The molecule has 22 heavy (non-hydrogen) atoms. The van der Waals surface area contributed by atoms with Crippen molar-refractivity contribution < 1.29 is 18.3 Å². The first-order valence-corrected chi connectivity index (χ1v) is 8.30. The summed E-state index contributed by atoms with van der Waals surface area (Å²) in [4.78, 5) is 11.2. The van der Waals surface area contributed by atoms with E-state index in [4.69, 9.17) is 11.6 Å². The summed E-state index contributed by atoms with van der Waals surface area (Å²) in [7, 11) is -4.02. The summed E-state index contributed by atoms with van der Waals surface area (Å²) in [6.07, 6.45) is 0.0415. The van der Waals surface area contributed by atoms with Gasteiger partial charge in [0.25, 0.3) is 0 Å². The number of hydrogen-bond donors (Lipinski definition) is 2. The van der Waals surface area contributed by atoms with Gasteiger partial charge in [0.05, 0.1) is 5.02 Å². The number of carboxylic acids is 1. The molecule has 0 aliphatic heterocycles. The van der Waals surface area contributed by atoms with E-state index in [1.54, 1.807) is 36.4 Å². The van der Waals surface area contributed by atoms with Gasteiger partial charge in [-0.15, -0.1) is 0 Å². The number of nitrogens with one attached hydrogen (secondary N) is 1. The molecular formula is C15H14ClNO4S. The second kappa shape index (κ2) is 6.91. The molecule has 0 unspecified atom stereocenters. The van der Waals surface area contributed by atoms with Crippen LogP contribution < -0.4 is 4.72 Å². The van der Waals surface area contributed by atoms with Crippen LogP contribution in [0.25, 0.3) is 0 Å². The fraction of sp³-hybridized carbons (Fsp3) is 0.133. The normalized spacial score (nSPS) is 12.8. The van der Waals surface area contributed by atoms with Gasteiger partial charge in [0.2, 0.25) is 10.0 Å². The molecule has 0 radical (unpaired) electrons. The van der Waals surface area contributed by atoms with Crippen LogP contribution >= 0.6 is 11.6 Å². The monoisotopic (exact) mass is 339 g/mol. The van der Waals surface area contributed by atoms with E-state index in [0.29, 0.717) is 0 Å². The Morgan fingerprint density at radius 1 is 1.09 bits per heavy atom. The van der Waals surface area contributed by atoms with Crippen LogP contribution in [0.3, 0.4) is 0 Å². The van der Waals surface area contributed by atoms with Crippen LogP contribution in [0.1, 0.15) is 5.56 Å². The highest BCUT2D eigenvalue weighted by Gasteiger charge is 2.26. The minimum absolute atomic E-state index is 0.0406. The molecule has 0 aliphatic carbocycles. The highest BCUT2D eigenvalue weighted by molar-refractivity contribution is 7.89. The zero-order valence-corrected chi connectivity index (χ0v) is 13.0. The molecule has 0 fully saturated rings. The molecular weight excluding hydrogens is 326 g/mol. The highest BCUT2D eigenvalue weighted by atomic mass is 35.5. The van der Waals surface area contributed by atoms with E-state index in [1.165, 1.54) is 18.2 Å². The zero-order chi connectivity index (χ0) is 16.2. The Bertz CT molecular complexity index is 762. The van der Waals surface area contributed by atoms with Gasteiger partial charge in [-0.1, -0.05) is 54.1 Å². The lowest BCUT2D eigenvalue weighted by atomic mass is 10.1. The molecule has 0 amide bonds. The summed E-state index contributed by atoms with van der Waals surface area (Å²) < 4.78 is 26.8. The van der Waals surface area contributed by atoms with E-state index in [1.807, 2.05) is 0 Å². The Balaban J connectivity index is 2.24. The molecule has 116 valence electrons. The van der Waals surface area contributed by atoms with Crippen LogP contribution in [0.5, 0.6) is 0 Å². The number of carboxylic acid groups (broad SMARTS) is 1. The molecule has 0 aliphatic rings. The number of halogens is 1. The number of carbonyl (C=O) groups is 1. The first-order chi connectivity index (χ1) is 10.4. The minimum atomic E-state index is -4.02. The third-order valence-corrected chi connectivity index (χ3v) is 4.98. The summed E-state index contributed by atoms with van der Waals surface area (Å²) in [5, 5.41) is 9.29. The van der Waals surface area contributed by atoms with E-state index in [0.717, 1.165) is 5.56 Å². The lowest BCUT2D eigenvalue weighted by molar-refractivity contribution is -0.138. The van der Waals surface area contributed by atoms with E-state index < -0.39 is 22.0 Å². The van der Waals surface area contributed by atoms with Crippen molar-refractivity contribution in [3.63, 3.8) is 0 Å². The highest BCUT2D eigenvalue weighted by Crippen LogP contribution is 2.20. The summed E-state index contributed by atoms with van der Waals surface area (Å²) in [6, 6.07) is 13.4. The van der Waals surface area contributed by atoms with Gasteiger partial charge in [0.15, 0.2) is 0 Å². The lowest BCUT2D eigenvalue weighted by Gasteiger charge is -2.15. The van der Waals surface area contributed by atoms with Crippen LogP contribution in [0.2, 0.25) is 5.02 Å². The van der Waals surface area contributed by atoms with E-state index in [-0.39, 0.29) is 16.3 Å². The van der Waals surface area contributed by atoms with Crippen LogP contribution in [0, 0.1) is 0 Å². The summed E-state index contributed by atoms with van der Waals surface area (Å²) in [5.74, 6) is -1.25. The maximum Gasteiger partial charge on any atom is 0.322 e. The Labute approximate surface area is 133 Å². The first kappa shape index (κ1) is 16.5. The molecule has 0 saturated heterocycles. The summed E-state index contributed by atoms with van der Waals surface area (Å²) >= 11 is 5.87. The van der Waals surface area contributed by atoms with Crippen molar-refractivity contribution in [1.29, 1.82) is 0 Å². The smallest absolute Gasteiger partial charge is 0.322 e. The number of aliphatic carboxylic acids is 1. The van der Waals surface area contributed by atoms with Crippen LogP contribution in [0.4, 0.5) is 0 Å². The molecule has 7 heteroatoms. The molecule has 0 bridgehead atoms. The van der Waals surface area contributed by atoms with Crippen LogP contribution in [-0.2, 0) is 21.2 Å². The van der Waals surface area contributed by atoms with Crippen LogP contribution in [-0.4, -0.2) is 25.5 Å². The predicted octanol–water partition coefficient (Wildman–Crippen LogP) is 2.31. The zero-order valence-electron chi connectivity index (χ0n) is 11.4. The van der Waals surface area contributed by atoms with Gasteiger partial charge in [-0.05, 0) is 24.1 Å². The topological polar surface area (TPSA) is 83.5 Å². The number of hydrogen-bond acceptors (Lipinski definition) is 3. The molecule has 1 atom stereocenters. The molecule has 0 saturated carbocycles. The van der Waals surface area contributed by atoms with Crippen molar-refractivity contribution in [2.24, 2.45) is 0 Å². The molecule has 0 aromatic heterocycles. The summed E-state index contributed by atoms with van der Waals surface area (Å²) in [5.41, 5.74) is 0.719. The molecule has 2 N–H and O–H groups in total. The third-order valence-electron chi connectivity index (χ3n) is 3.00. The molecule has 0 heterocycles. The van der Waals surface area contributed by atoms with Crippen molar-refractivity contribution in [2.75, 3.05) is 0 Å². The van der Waals surface area contributed by atoms with Gasteiger partial charge in [0.1, 0.15) is 10.9 Å². The fourth-order valence-electron chi connectivity index (χ4n) is 1.94. The quantitative estimate of drug-likeness (QED) is 0.846. The Morgan fingerprint density at radius 3 is 2.27 bits per heavy atom. The second-order valence-corrected chi connectivity index (χ2v) is 6.72. The number of sulfonamides is 1. The standard InChI is InChI=1S/C15H14ClNO4S/c16-12-8-4-5-9-14(12)22(20,21)17-13(15(18)19)10-11-6-2-1-3-7-11/h1-9,13,17H,10H2,(H,18,19)/t13-/m1/s1. The van der Waals surface area contributed by atoms with Gasteiger partial charge in [-0.25, -0.2) is 8.42 Å². The van der Waals surface area contributed by atoms with Gasteiger partial charge in [-0.2, -0.15) is 4.72 Å². The Kier molecular flexibility index (Phi) is 5.18. The molecule has 0 spiro atoms.